The number of ether oxygens (including phenoxy) is 1. The molecule has 0 aliphatic carbocycles. The molecule has 1 aromatic heterocycles. The quantitative estimate of drug-likeness (QED) is 0.359. The second-order valence-corrected chi connectivity index (χ2v) is 9.29. The van der Waals surface area contributed by atoms with Gasteiger partial charge >= 0.3 is 0 Å². The molecule has 186 valence electrons. The number of piperazine rings is 1. The molecule has 2 atom stereocenters. The summed E-state index contributed by atoms with van der Waals surface area (Å²) in [6.07, 6.45) is 3.68. The first-order chi connectivity index (χ1) is 17.4. The molecule has 1 aliphatic heterocycles. The zero-order chi connectivity index (χ0) is 25.7. The van der Waals surface area contributed by atoms with Crippen molar-refractivity contribution in [3.63, 3.8) is 0 Å². The minimum absolute atomic E-state index is 0.00290. The van der Waals surface area contributed by atoms with E-state index in [1.807, 2.05) is 19.1 Å². The van der Waals surface area contributed by atoms with E-state index in [4.69, 9.17) is 16.3 Å². The Morgan fingerprint density at radius 1 is 1.14 bits per heavy atom. The summed E-state index contributed by atoms with van der Waals surface area (Å²) in [5.74, 6) is 6.92. The number of Topliss-reactive ketones (excluding diaryl/α,β-unsaturated/α-hetero) is 1. The minimum atomic E-state index is -0.00290. The summed E-state index contributed by atoms with van der Waals surface area (Å²) in [6.45, 7) is 8.20. The predicted molar refractivity (Wildman–Crippen MR) is 145 cm³/mol. The normalized spacial score (nSPS) is 17.2. The number of halogens is 1. The highest BCUT2D eigenvalue weighted by Gasteiger charge is 2.21. The van der Waals surface area contributed by atoms with Crippen molar-refractivity contribution in [3.05, 3.63) is 70.5 Å². The number of methoxy groups -OCH3 is 1. The third kappa shape index (κ3) is 6.14. The van der Waals surface area contributed by atoms with Gasteiger partial charge in [0.25, 0.3) is 0 Å². The van der Waals surface area contributed by atoms with Crippen LogP contribution in [0.2, 0.25) is 5.02 Å². The van der Waals surface area contributed by atoms with Crippen molar-refractivity contribution in [2.45, 2.75) is 39.3 Å². The molecule has 1 aliphatic rings. The van der Waals surface area contributed by atoms with Crippen LogP contribution in [0.3, 0.4) is 0 Å². The molecule has 2 heterocycles. The Morgan fingerprint density at radius 2 is 1.81 bits per heavy atom. The lowest BCUT2D eigenvalue weighted by Gasteiger charge is -2.37. The van der Waals surface area contributed by atoms with Crippen LogP contribution in [-0.2, 0) is 0 Å². The zero-order valence-corrected chi connectivity index (χ0v) is 21.7. The fourth-order valence-electron chi connectivity index (χ4n) is 4.22. The fourth-order valence-corrected chi connectivity index (χ4v) is 4.45. The molecule has 1 fully saturated rings. The number of aromatic nitrogens is 2. The van der Waals surface area contributed by atoms with E-state index in [0.717, 1.165) is 18.8 Å². The average Bonchev–Trinajstić information content (AvgIpc) is 2.88. The van der Waals surface area contributed by atoms with Crippen LogP contribution in [0, 0.1) is 11.8 Å². The van der Waals surface area contributed by atoms with Gasteiger partial charge < -0.3 is 20.3 Å². The summed E-state index contributed by atoms with van der Waals surface area (Å²) in [4.78, 5) is 23.3. The Bertz CT molecular complexity index is 1270. The molecule has 0 radical (unpaired) electrons. The van der Waals surface area contributed by atoms with Crippen molar-refractivity contribution < 1.29 is 9.53 Å². The lowest BCUT2D eigenvalue weighted by atomic mass is 10.0. The van der Waals surface area contributed by atoms with Gasteiger partial charge in [-0.2, -0.15) is 0 Å². The van der Waals surface area contributed by atoms with E-state index in [0.29, 0.717) is 51.9 Å². The van der Waals surface area contributed by atoms with Crippen molar-refractivity contribution in [1.29, 1.82) is 0 Å². The molecular formula is C28H30ClN5O2. The molecule has 1 saturated heterocycles. The molecule has 0 saturated carbocycles. The van der Waals surface area contributed by atoms with E-state index in [1.165, 1.54) is 12.8 Å². The van der Waals surface area contributed by atoms with Crippen molar-refractivity contribution in [2.75, 3.05) is 30.4 Å². The van der Waals surface area contributed by atoms with Gasteiger partial charge in [0.1, 0.15) is 5.75 Å². The second-order valence-electron chi connectivity index (χ2n) is 8.91. The van der Waals surface area contributed by atoms with E-state index in [1.54, 1.807) is 24.5 Å². The molecule has 36 heavy (non-hydrogen) atoms. The molecule has 0 unspecified atom stereocenters. The van der Waals surface area contributed by atoms with Crippen molar-refractivity contribution >= 4 is 34.7 Å². The third-order valence-electron chi connectivity index (χ3n) is 5.94. The lowest BCUT2D eigenvalue weighted by molar-refractivity contribution is 0.0988. The topological polar surface area (TPSA) is 79.4 Å². The lowest BCUT2D eigenvalue weighted by Crippen LogP contribution is -2.54. The van der Waals surface area contributed by atoms with Gasteiger partial charge in [-0.05, 0) is 50.2 Å². The fraction of sp³-hybridized carbons (Fsp3) is 0.321. The smallest absolute Gasteiger partial charge is 0.227 e. The maximum atomic E-state index is 12.2. The highest BCUT2D eigenvalue weighted by Crippen LogP contribution is 2.30. The number of benzene rings is 2. The second kappa shape index (κ2) is 11.4. The van der Waals surface area contributed by atoms with Crippen molar-refractivity contribution in [2.24, 2.45) is 0 Å². The molecule has 0 bridgehead atoms. The summed E-state index contributed by atoms with van der Waals surface area (Å²) in [7, 11) is 1.51. The van der Waals surface area contributed by atoms with Crippen LogP contribution >= 0.6 is 11.6 Å². The number of rotatable bonds is 6. The number of hydrogen-bond donors (Lipinski definition) is 2. The highest BCUT2D eigenvalue weighted by molar-refractivity contribution is 6.33. The SMILES string of the molecule is CCC(=O)c1cc(C#Cc2cnc(Nc3ccc(N4C[C@@H](C)N[C@@H](C)C4)cc3)nc2)c(Cl)c(OC)c1. The van der Waals surface area contributed by atoms with Crippen LogP contribution in [-0.4, -0.2) is 48.0 Å². The number of carbonyl (C=O) groups is 1. The molecule has 3 aromatic rings. The Morgan fingerprint density at radius 3 is 2.42 bits per heavy atom. The number of carbonyl (C=O) groups excluding carboxylic acids is 1. The van der Waals surface area contributed by atoms with Crippen LogP contribution in [0.1, 0.15) is 48.7 Å². The van der Waals surface area contributed by atoms with Crippen molar-refractivity contribution in [3.8, 4) is 17.6 Å². The molecule has 2 N–H and O–H groups in total. The van der Waals surface area contributed by atoms with Gasteiger partial charge in [-0.1, -0.05) is 30.4 Å². The van der Waals surface area contributed by atoms with Crippen LogP contribution in [0.15, 0.2) is 48.8 Å². The van der Waals surface area contributed by atoms with Gasteiger partial charge in [0.05, 0.1) is 17.7 Å². The minimum Gasteiger partial charge on any atom is -0.495 e. The Kier molecular flexibility index (Phi) is 8.09. The van der Waals surface area contributed by atoms with Crippen LogP contribution in [0.5, 0.6) is 5.75 Å². The maximum absolute atomic E-state index is 12.2. The number of hydrogen-bond acceptors (Lipinski definition) is 7. The standard InChI is InChI=1S/C28H30ClN5O2/c1-5-25(35)22-12-21(27(29)26(13-22)36-4)7-6-20-14-30-28(31-15-20)33-23-8-10-24(11-9-23)34-16-18(2)32-19(3)17-34/h8-15,18-19,32H,5,16-17H2,1-4H3,(H,30,31,33)/t18-,19+. The molecule has 4 rings (SSSR count). The summed E-state index contributed by atoms with van der Waals surface area (Å²) in [5, 5.41) is 7.15. The summed E-state index contributed by atoms with van der Waals surface area (Å²) >= 11 is 6.40. The van der Waals surface area contributed by atoms with E-state index >= 15 is 0 Å². The first-order valence-electron chi connectivity index (χ1n) is 12.0. The summed E-state index contributed by atoms with van der Waals surface area (Å²) < 4.78 is 5.31. The first kappa shape index (κ1) is 25.5. The molecule has 0 spiro atoms. The Labute approximate surface area is 217 Å². The van der Waals surface area contributed by atoms with Crippen LogP contribution in [0.4, 0.5) is 17.3 Å². The predicted octanol–water partition coefficient (Wildman–Crippen LogP) is 5.06. The number of ketones is 1. The van der Waals surface area contributed by atoms with E-state index in [2.05, 4.69) is 63.3 Å². The maximum Gasteiger partial charge on any atom is 0.227 e. The summed E-state index contributed by atoms with van der Waals surface area (Å²) in [5.41, 5.74) is 3.77. The van der Waals surface area contributed by atoms with Crippen LogP contribution in [0.25, 0.3) is 0 Å². The summed E-state index contributed by atoms with van der Waals surface area (Å²) in [6, 6.07) is 12.5. The largest absolute Gasteiger partial charge is 0.495 e. The average molecular weight is 504 g/mol. The van der Waals surface area contributed by atoms with E-state index in [-0.39, 0.29) is 5.78 Å². The number of nitrogens with one attached hydrogen (secondary N) is 2. The molecule has 0 amide bonds. The molecule has 7 nitrogen and oxygen atoms in total. The van der Waals surface area contributed by atoms with Gasteiger partial charge in [-0.15, -0.1) is 0 Å². The van der Waals surface area contributed by atoms with Crippen molar-refractivity contribution in [1.82, 2.24) is 15.3 Å². The first-order valence-corrected chi connectivity index (χ1v) is 12.4. The Hall–Kier alpha value is -3.60. The van der Waals surface area contributed by atoms with E-state index < -0.39 is 0 Å². The van der Waals surface area contributed by atoms with Gasteiger partial charge in [-0.25, -0.2) is 9.97 Å². The van der Waals surface area contributed by atoms with Gasteiger partial charge in [0.15, 0.2) is 5.78 Å². The highest BCUT2D eigenvalue weighted by atomic mass is 35.5. The number of anilines is 3. The van der Waals surface area contributed by atoms with Gasteiger partial charge in [-0.3, -0.25) is 4.79 Å². The molecule has 2 aromatic carbocycles. The van der Waals surface area contributed by atoms with Crippen LogP contribution < -0.4 is 20.3 Å². The molecule has 8 heteroatoms. The number of nitrogens with zero attached hydrogens (tertiary/aromatic N) is 3. The van der Waals surface area contributed by atoms with Gasteiger partial charge in [0.2, 0.25) is 5.95 Å². The third-order valence-corrected chi connectivity index (χ3v) is 6.33. The van der Waals surface area contributed by atoms with E-state index in [9.17, 15) is 4.79 Å². The monoisotopic (exact) mass is 503 g/mol. The molecular weight excluding hydrogens is 474 g/mol. The zero-order valence-electron chi connectivity index (χ0n) is 20.9. The Balaban J connectivity index is 1.44. The van der Waals surface area contributed by atoms with Gasteiger partial charge in [0, 0.05) is 66.5 Å².